The number of phenols is 1. The standard InChI is InChI=1S/C23H24F2N6O/c24-17-6-16(21(32)7-15(17)12-8-28-29-9-12)19-10-27-22(11-26-19)31(14-2-3-14)20-5-13-1-4-18(30-13)23(20)25/h6-11,13-14,18,20,23,30,32H,1-5H2,(H,28,29)/t13-,18+,20?,23?/m1/s1. The number of benzene rings is 1. The summed E-state index contributed by atoms with van der Waals surface area (Å²) in [5, 5.41) is 20.4. The van der Waals surface area contributed by atoms with Gasteiger partial charge < -0.3 is 15.3 Å². The number of fused-ring (bicyclic) bond motifs is 2. The maximum Gasteiger partial charge on any atom is 0.147 e. The lowest BCUT2D eigenvalue weighted by molar-refractivity contribution is 0.171. The number of nitrogens with zero attached hydrogens (tertiary/aromatic N) is 4. The number of aromatic amines is 1. The van der Waals surface area contributed by atoms with E-state index in [2.05, 4.69) is 30.4 Å². The number of hydrogen-bond acceptors (Lipinski definition) is 6. The van der Waals surface area contributed by atoms with Crippen LogP contribution < -0.4 is 10.2 Å². The zero-order valence-electron chi connectivity index (χ0n) is 17.4. The number of aromatic hydroxyl groups is 1. The maximum atomic E-state index is 15.2. The molecule has 3 aromatic rings. The van der Waals surface area contributed by atoms with E-state index in [0.29, 0.717) is 23.1 Å². The Hall–Kier alpha value is -3.07. The number of hydrogen-bond donors (Lipinski definition) is 3. The molecule has 3 fully saturated rings. The SMILES string of the molecule is Oc1cc(-c2cn[nH]c2)c(F)cc1-c1cnc(N(C2CC2)C2C[C@H]3CC[C@H](N3)C2F)cn1. The molecule has 2 unspecified atom stereocenters. The Morgan fingerprint density at radius 2 is 1.91 bits per heavy atom. The summed E-state index contributed by atoms with van der Waals surface area (Å²) in [6.45, 7) is 0. The number of aromatic nitrogens is 4. The van der Waals surface area contributed by atoms with Crippen molar-refractivity contribution in [3.63, 3.8) is 0 Å². The van der Waals surface area contributed by atoms with Gasteiger partial charge in [-0.05, 0) is 44.2 Å². The molecule has 1 aliphatic carbocycles. The monoisotopic (exact) mass is 438 g/mol. The minimum absolute atomic E-state index is 0.0825. The summed E-state index contributed by atoms with van der Waals surface area (Å²) in [7, 11) is 0. The number of rotatable bonds is 5. The highest BCUT2D eigenvalue weighted by Crippen LogP contribution is 2.40. The van der Waals surface area contributed by atoms with Gasteiger partial charge in [0.2, 0.25) is 0 Å². The topological polar surface area (TPSA) is 90.0 Å². The Morgan fingerprint density at radius 3 is 2.62 bits per heavy atom. The molecule has 166 valence electrons. The molecule has 1 saturated carbocycles. The van der Waals surface area contributed by atoms with Crippen LogP contribution in [0.25, 0.3) is 22.4 Å². The van der Waals surface area contributed by atoms with Crippen molar-refractivity contribution in [3.8, 4) is 28.1 Å². The molecule has 6 rings (SSSR count). The average molecular weight is 438 g/mol. The number of anilines is 1. The Labute approximate surface area is 183 Å². The van der Waals surface area contributed by atoms with Crippen LogP contribution in [-0.2, 0) is 0 Å². The average Bonchev–Trinajstić information content (AvgIpc) is 3.32. The van der Waals surface area contributed by atoms with Crippen molar-refractivity contribution in [2.24, 2.45) is 0 Å². The lowest BCUT2D eigenvalue weighted by Gasteiger charge is -2.41. The minimum atomic E-state index is -0.940. The van der Waals surface area contributed by atoms with Gasteiger partial charge in [0.15, 0.2) is 0 Å². The fraction of sp³-hybridized carbons (Fsp3) is 0.435. The Morgan fingerprint density at radius 1 is 1.03 bits per heavy atom. The van der Waals surface area contributed by atoms with Gasteiger partial charge in [-0.3, -0.25) is 10.1 Å². The van der Waals surface area contributed by atoms with Crippen LogP contribution in [0.5, 0.6) is 5.75 Å². The van der Waals surface area contributed by atoms with Crippen LogP contribution in [0.3, 0.4) is 0 Å². The highest BCUT2D eigenvalue weighted by atomic mass is 19.1. The summed E-state index contributed by atoms with van der Waals surface area (Å²) in [6, 6.07) is 2.97. The lowest BCUT2D eigenvalue weighted by atomic mass is 9.96. The largest absolute Gasteiger partial charge is 0.507 e. The van der Waals surface area contributed by atoms with Crippen molar-refractivity contribution in [1.82, 2.24) is 25.5 Å². The minimum Gasteiger partial charge on any atom is -0.507 e. The number of phenolic OH excluding ortho intramolecular Hbond substituents is 1. The molecule has 3 aliphatic rings. The van der Waals surface area contributed by atoms with Crippen LogP contribution in [0, 0.1) is 5.82 Å². The molecule has 2 aliphatic heterocycles. The molecule has 2 bridgehead atoms. The lowest BCUT2D eigenvalue weighted by Crippen LogP contribution is -2.57. The van der Waals surface area contributed by atoms with E-state index in [0.717, 1.165) is 32.1 Å². The van der Waals surface area contributed by atoms with Crippen LogP contribution in [0.2, 0.25) is 0 Å². The number of H-pyrrole nitrogens is 1. The zero-order valence-corrected chi connectivity index (χ0v) is 17.4. The smallest absolute Gasteiger partial charge is 0.147 e. The molecule has 4 atom stereocenters. The second-order valence-electron chi connectivity index (χ2n) is 9.03. The van der Waals surface area contributed by atoms with Crippen LogP contribution in [0.1, 0.15) is 32.1 Å². The van der Waals surface area contributed by atoms with Crippen LogP contribution in [0.4, 0.5) is 14.6 Å². The normalized spacial score (nSPS) is 26.9. The summed E-state index contributed by atoms with van der Waals surface area (Å²) in [5.41, 5.74) is 1.42. The predicted molar refractivity (Wildman–Crippen MR) is 115 cm³/mol. The molecular formula is C23H24F2N6O. The first-order chi connectivity index (χ1) is 15.6. The van der Waals surface area contributed by atoms with Crippen molar-refractivity contribution in [3.05, 3.63) is 42.7 Å². The number of halogens is 2. The fourth-order valence-electron chi connectivity index (χ4n) is 5.20. The van der Waals surface area contributed by atoms with Crippen molar-refractivity contribution in [1.29, 1.82) is 0 Å². The molecule has 1 aromatic carbocycles. The van der Waals surface area contributed by atoms with Gasteiger partial charge in [-0.1, -0.05) is 0 Å². The van der Waals surface area contributed by atoms with Gasteiger partial charge >= 0.3 is 0 Å². The van der Waals surface area contributed by atoms with E-state index >= 15 is 4.39 Å². The summed E-state index contributed by atoms with van der Waals surface area (Å²) in [5.74, 6) is 0.0535. The van der Waals surface area contributed by atoms with Crippen LogP contribution in [0.15, 0.2) is 36.9 Å². The molecule has 9 heteroatoms. The summed E-state index contributed by atoms with van der Waals surface area (Å²) >= 11 is 0. The fourth-order valence-corrected chi connectivity index (χ4v) is 5.20. The molecule has 0 amide bonds. The van der Waals surface area contributed by atoms with E-state index in [1.165, 1.54) is 24.5 Å². The number of nitrogens with one attached hydrogen (secondary N) is 2. The molecular weight excluding hydrogens is 414 g/mol. The third kappa shape index (κ3) is 3.31. The Bertz CT molecular complexity index is 1120. The summed E-state index contributed by atoms with van der Waals surface area (Å²) in [6.07, 6.45) is 9.96. The second kappa shape index (κ2) is 7.51. The zero-order chi connectivity index (χ0) is 21.8. The van der Waals surface area contributed by atoms with Crippen molar-refractivity contribution >= 4 is 5.82 Å². The van der Waals surface area contributed by atoms with Gasteiger partial charge in [0.25, 0.3) is 0 Å². The van der Waals surface area contributed by atoms with Crippen molar-refractivity contribution < 1.29 is 13.9 Å². The van der Waals surface area contributed by atoms with Gasteiger partial charge in [-0.2, -0.15) is 5.10 Å². The number of piperidine rings is 1. The third-order valence-corrected chi connectivity index (χ3v) is 6.92. The molecule has 2 saturated heterocycles. The van der Waals surface area contributed by atoms with Crippen molar-refractivity contribution in [2.45, 2.75) is 62.4 Å². The van der Waals surface area contributed by atoms with Gasteiger partial charge in [-0.25, -0.2) is 13.8 Å². The maximum absolute atomic E-state index is 15.2. The summed E-state index contributed by atoms with van der Waals surface area (Å²) in [4.78, 5) is 11.1. The molecule has 7 nitrogen and oxygen atoms in total. The summed E-state index contributed by atoms with van der Waals surface area (Å²) < 4.78 is 29.9. The highest BCUT2D eigenvalue weighted by molar-refractivity contribution is 5.74. The molecule has 2 aromatic heterocycles. The molecule has 4 heterocycles. The molecule has 0 radical (unpaired) electrons. The molecule has 0 spiro atoms. The van der Waals surface area contributed by atoms with E-state index in [-0.39, 0.29) is 35.0 Å². The first-order valence-corrected chi connectivity index (χ1v) is 11.1. The van der Waals surface area contributed by atoms with E-state index in [9.17, 15) is 9.50 Å². The van der Waals surface area contributed by atoms with E-state index in [1.807, 2.05) is 0 Å². The Balaban J connectivity index is 1.30. The van der Waals surface area contributed by atoms with Gasteiger partial charge in [0, 0.05) is 41.0 Å². The second-order valence-corrected chi connectivity index (χ2v) is 9.03. The number of alkyl halides is 1. The van der Waals surface area contributed by atoms with Gasteiger partial charge in [0.05, 0.1) is 30.3 Å². The van der Waals surface area contributed by atoms with Gasteiger partial charge in [0.1, 0.15) is 23.6 Å². The quantitative estimate of drug-likeness (QED) is 0.564. The molecule has 3 N–H and O–H groups in total. The van der Waals surface area contributed by atoms with E-state index in [4.69, 9.17) is 0 Å². The van der Waals surface area contributed by atoms with Crippen molar-refractivity contribution in [2.75, 3.05) is 4.90 Å². The third-order valence-electron chi connectivity index (χ3n) is 6.92. The Kier molecular flexibility index (Phi) is 4.60. The van der Waals surface area contributed by atoms with Gasteiger partial charge in [-0.15, -0.1) is 0 Å². The predicted octanol–water partition coefficient (Wildman–Crippen LogP) is 3.58. The first kappa shape index (κ1) is 19.6. The van der Waals surface area contributed by atoms with E-state index < -0.39 is 12.0 Å². The first-order valence-electron chi connectivity index (χ1n) is 11.1. The highest BCUT2D eigenvalue weighted by Gasteiger charge is 2.48. The molecule has 32 heavy (non-hydrogen) atoms. The van der Waals surface area contributed by atoms with Crippen LogP contribution in [-0.4, -0.2) is 55.6 Å². The van der Waals surface area contributed by atoms with E-state index in [1.54, 1.807) is 12.4 Å². The van der Waals surface area contributed by atoms with Crippen LogP contribution >= 0.6 is 0 Å².